The fourth-order valence-electron chi connectivity index (χ4n) is 1.86. The average molecular weight is 288 g/mol. The van der Waals surface area contributed by atoms with Crippen molar-refractivity contribution in [3.63, 3.8) is 0 Å². The fraction of sp³-hybridized carbons (Fsp3) is 0.0833. The first-order valence-corrected chi connectivity index (χ1v) is 6.47. The van der Waals surface area contributed by atoms with Gasteiger partial charge in [-0.15, -0.1) is 0 Å². The second-order valence-electron chi connectivity index (χ2n) is 4.12. The molecule has 0 saturated carbocycles. The predicted octanol–water partition coefficient (Wildman–Crippen LogP) is 2.25. The Balaban J connectivity index is 2.03. The van der Waals surface area contributed by atoms with Crippen LogP contribution in [0, 0.1) is 17.0 Å². The maximum absolute atomic E-state index is 11.9. The Morgan fingerprint density at radius 1 is 1.45 bits per heavy atom. The molecule has 0 saturated heterocycles. The molecule has 0 unspecified atom stereocenters. The lowest BCUT2D eigenvalue weighted by Crippen LogP contribution is -2.04. The van der Waals surface area contributed by atoms with E-state index in [2.05, 4.69) is 15.3 Å². The normalized spacial score (nSPS) is 15.2. The number of nitrogens with one attached hydrogen (secondary N) is 1. The Bertz CT molecular complexity index is 766. The van der Waals surface area contributed by atoms with Gasteiger partial charge in [-0.05, 0) is 19.1 Å². The van der Waals surface area contributed by atoms with E-state index < -0.39 is 4.92 Å². The molecule has 2 aromatic rings. The zero-order valence-corrected chi connectivity index (χ0v) is 11.1. The summed E-state index contributed by atoms with van der Waals surface area (Å²) >= 11 is 1.01. The Morgan fingerprint density at radius 2 is 2.25 bits per heavy atom. The number of thiophene rings is 1. The number of carbonyl (C=O) groups is 1. The number of anilines is 1. The highest BCUT2D eigenvalue weighted by Crippen LogP contribution is 2.33. The Morgan fingerprint density at radius 3 is 2.95 bits per heavy atom. The Hall–Kier alpha value is -2.61. The molecule has 100 valence electrons. The van der Waals surface area contributed by atoms with E-state index in [9.17, 15) is 14.9 Å². The van der Waals surface area contributed by atoms with Gasteiger partial charge in [0.05, 0.1) is 10.5 Å². The van der Waals surface area contributed by atoms with Crippen molar-refractivity contribution >= 4 is 39.7 Å². The summed E-state index contributed by atoms with van der Waals surface area (Å²) in [5.41, 5.74) is 1.02. The zero-order valence-electron chi connectivity index (χ0n) is 10.3. The van der Waals surface area contributed by atoms with Gasteiger partial charge in [0.25, 0.3) is 5.91 Å². The first-order chi connectivity index (χ1) is 9.54. The summed E-state index contributed by atoms with van der Waals surface area (Å²) in [6, 6.07) is 3.02. The molecule has 2 aromatic heterocycles. The maximum Gasteiger partial charge on any atom is 0.324 e. The molecule has 0 bridgehead atoms. The van der Waals surface area contributed by atoms with Crippen molar-refractivity contribution in [2.45, 2.75) is 6.92 Å². The summed E-state index contributed by atoms with van der Waals surface area (Å²) in [6.07, 6.45) is 3.18. The molecule has 0 radical (unpaired) electrons. The van der Waals surface area contributed by atoms with E-state index in [1.54, 1.807) is 25.3 Å². The van der Waals surface area contributed by atoms with Gasteiger partial charge in [-0.2, -0.15) is 0 Å². The van der Waals surface area contributed by atoms with Crippen molar-refractivity contribution in [1.82, 2.24) is 9.97 Å². The average Bonchev–Trinajstić information content (AvgIpc) is 2.96. The van der Waals surface area contributed by atoms with Crippen LogP contribution in [0.15, 0.2) is 18.3 Å². The molecular formula is C12H8N4O3S. The van der Waals surface area contributed by atoms with Crippen LogP contribution in [-0.2, 0) is 4.79 Å². The van der Waals surface area contributed by atoms with Gasteiger partial charge in [0.2, 0.25) is 0 Å². The number of nitrogens with zero attached hydrogens (tertiary/aromatic N) is 3. The number of amides is 1. The van der Waals surface area contributed by atoms with E-state index in [0.29, 0.717) is 27.7 Å². The molecule has 8 heteroatoms. The Kier molecular flexibility index (Phi) is 2.79. The smallest absolute Gasteiger partial charge is 0.306 e. The summed E-state index contributed by atoms with van der Waals surface area (Å²) in [4.78, 5) is 30.9. The van der Waals surface area contributed by atoms with E-state index in [-0.39, 0.29) is 10.9 Å². The predicted molar refractivity (Wildman–Crippen MR) is 74.2 cm³/mol. The minimum Gasteiger partial charge on any atom is -0.306 e. The van der Waals surface area contributed by atoms with Gasteiger partial charge in [-0.1, -0.05) is 11.3 Å². The van der Waals surface area contributed by atoms with Gasteiger partial charge >= 0.3 is 5.00 Å². The molecule has 0 aliphatic carbocycles. The van der Waals surface area contributed by atoms with Crippen LogP contribution in [0.1, 0.15) is 16.3 Å². The number of hydrogen-bond acceptors (Lipinski definition) is 6. The highest BCUT2D eigenvalue weighted by molar-refractivity contribution is 7.16. The summed E-state index contributed by atoms with van der Waals surface area (Å²) in [7, 11) is 0. The highest BCUT2D eigenvalue weighted by atomic mass is 32.1. The molecule has 0 atom stereocenters. The third-order valence-electron chi connectivity index (χ3n) is 2.76. The van der Waals surface area contributed by atoms with E-state index >= 15 is 0 Å². The molecule has 1 aliphatic heterocycles. The van der Waals surface area contributed by atoms with Crippen molar-refractivity contribution in [3.8, 4) is 0 Å². The molecular weight excluding hydrogens is 280 g/mol. The van der Waals surface area contributed by atoms with Crippen LogP contribution in [0.4, 0.5) is 10.8 Å². The molecule has 1 amide bonds. The summed E-state index contributed by atoms with van der Waals surface area (Å²) in [6.45, 7) is 1.73. The van der Waals surface area contributed by atoms with Crippen LogP contribution in [0.25, 0.3) is 11.6 Å². The van der Waals surface area contributed by atoms with Crippen molar-refractivity contribution < 1.29 is 9.72 Å². The SMILES string of the molecule is Cc1ncc2c(n1)NC(=O)C2=Cc1ccc([N+](=O)[O-])s1. The number of rotatable bonds is 2. The van der Waals surface area contributed by atoms with E-state index in [4.69, 9.17) is 0 Å². The van der Waals surface area contributed by atoms with E-state index in [1.165, 1.54) is 6.07 Å². The van der Waals surface area contributed by atoms with Gasteiger partial charge < -0.3 is 5.32 Å². The van der Waals surface area contributed by atoms with Crippen molar-refractivity contribution in [2.75, 3.05) is 5.32 Å². The van der Waals surface area contributed by atoms with Crippen LogP contribution in [0.5, 0.6) is 0 Å². The lowest BCUT2D eigenvalue weighted by Gasteiger charge is -1.97. The summed E-state index contributed by atoms with van der Waals surface area (Å²) < 4.78 is 0. The number of aryl methyl sites for hydroxylation is 1. The van der Waals surface area contributed by atoms with Gasteiger partial charge in [-0.3, -0.25) is 14.9 Å². The van der Waals surface area contributed by atoms with E-state index in [0.717, 1.165) is 11.3 Å². The monoisotopic (exact) mass is 288 g/mol. The number of carbonyl (C=O) groups excluding carboxylic acids is 1. The van der Waals surface area contributed by atoms with Crippen LogP contribution in [0.3, 0.4) is 0 Å². The second kappa shape index (κ2) is 4.49. The maximum atomic E-state index is 11.9. The molecule has 7 nitrogen and oxygen atoms in total. The van der Waals surface area contributed by atoms with Crippen LogP contribution < -0.4 is 5.32 Å². The largest absolute Gasteiger partial charge is 0.324 e. The molecule has 0 aromatic carbocycles. The minimum absolute atomic E-state index is 0.0376. The fourth-order valence-corrected chi connectivity index (χ4v) is 2.63. The molecule has 20 heavy (non-hydrogen) atoms. The lowest BCUT2D eigenvalue weighted by molar-refractivity contribution is -0.380. The van der Waals surface area contributed by atoms with Gasteiger partial charge in [-0.25, -0.2) is 9.97 Å². The topological polar surface area (TPSA) is 98.0 Å². The van der Waals surface area contributed by atoms with Gasteiger partial charge in [0.1, 0.15) is 11.6 Å². The first kappa shape index (κ1) is 12.4. The molecule has 3 heterocycles. The number of hydrogen-bond donors (Lipinski definition) is 1. The number of aromatic nitrogens is 2. The minimum atomic E-state index is -0.457. The lowest BCUT2D eigenvalue weighted by atomic mass is 10.1. The second-order valence-corrected chi connectivity index (χ2v) is 5.22. The van der Waals surface area contributed by atoms with Crippen LogP contribution >= 0.6 is 11.3 Å². The van der Waals surface area contributed by atoms with Gasteiger partial charge in [0, 0.05) is 22.7 Å². The third kappa shape index (κ3) is 2.05. The number of nitro groups is 1. The molecule has 1 N–H and O–H groups in total. The highest BCUT2D eigenvalue weighted by Gasteiger charge is 2.26. The molecule has 3 rings (SSSR count). The standard InChI is InChI=1S/C12H8N4O3S/c1-6-13-5-9-8(12(17)15-11(9)14-6)4-7-2-3-10(20-7)16(18)19/h2-5H,1H3,(H,13,14,15,17). The van der Waals surface area contributed by atoms with Crippen molar-refractivity contribution in [3.05, 3.63) is 44.7 Å². The van der Waals surface area contributed by atoms with Crippen LogP contribution in [0.2, 0.25) is 0 Å². The Labute approximate surface area is 117 Å². The molecule has 0 fully saturated rings. The molecule has 1 aliphatic rings. The van der Waals surface area contributed by atoms with Crippen LogP contribution in [-0.4, -0.2) is 20.8 Å². The zero-order chi connectivity index (χ0) is 14.3. The summed E-state index contributed by atoms with van der Waals surface area (Å²) in [5, 5.41) is 13.3. The summed E-state index contributed by atoms with van der Waals surface area (Å²) in [5.74, 6) is 0.757. The van der Waals surface area contributed by atoms with Crippen molar-refractivity contribution in [2.24, 2.45) is 0 Å². The van der Waals surface area contributed by atoms with Crippen molar-refractivity contribution in [1.29, 1.82) is 0 Å². The molecule has 0 spiro atoms. The van der Waals surface area contributed by atoms with Gasteiger partial charge in [0.15, 0.2) is 0 Å². The first-order valence-electron chi connectivity index (χ1n) is 5.66. The quantitative estimate of drug-likeness (QED) is 0.519. The number of fused-ring (bicyclic) bond motifs is 1. The third-order valence-corrected chi connectivity index (χ3v) is 3.74. The van der Waals surface area contributed by atoms with E-state index in [1.807, 2.05) is 0 Å².